The third-order valence-electron chi connectivity index (χ3n) is 4.15. The first kappa shape index (κ1) is 22.4. The first-order chi connectivity index (χ1) is 12.4. The second-order valence-electron chi connectivity index (χ2n) is 6.43. The maximum absolute atomic E-state index is 11.8. The Bertz CT molecular complexity index is 642. The third-order valence-corrected chi connectivity index (χ3v) is 6.01. The Labute approximate surface area is 159 Å². The Morgan fingerprint density at radius 2 is 1.69 bits per heavy atom. The Balaban J connectivity index is 2.51. The summed E-state index contributed by atoms with van der Waals surface area (Å²) in [6.07, 6.45) is 2.94. The van der Waals surface area contributed by atoms with E-state index in [4.69, 9.17) is 0 Å². The second kappa shape index (κ2) is 11.9. The first-order valence-electron chi connectivity index (χ1n) is 9.40. The van der Waals surface area contributed by atoms with Crippen LogP contribution in [0, 0.1) is 6.92 Å². The van der Waals surface area contributed by atoms with Crippen LogP contribution in [0.2, 0.25) is 0 Å². The van der Waals surface area contributed by atoms with Crippen LogP contribution in [-0.4, -0.2) is 51.1 Å². The molecule has 0 heterocycles. The molecule has 0 aliphatic heterocycles. The molecule has 0 aliphatic rings. The molecule has 1 aromatic carbocycles. The predicted molar refractivity (Wildman–Crippen MR) is 110 cm³/mol. The Morgan fingerprint density at radius 3 is 2.27 bits per heavy atom. The number of nitrogens with one attached hydrogen (secondary N) is 2. The molecule has 0 saturated heterocycles. The molecule has 6 nitrogen and oxygen atoms in total. The third kappa shape index (κ3) is 8.67. The van der Waals surface area contributed by atoms with Crippen molar-refractivity contribution < 1.29 is 8.42 Å². The van der Waals surface area contributed by atoms with E-state index in [1.54, 1.807) is 14.0 Å². The number of hydrogen-bond donors (Lipinski definition) is 2. The molecule has 0 aromatic heterocycles. The van der Waals surface area contributed by atoms with E-state index in [-0.39, 0.29) is 5.75 Å². The molecular weight excluding hydrogens is 348 g/mol. The van der Waals surface area contributed by atoms with E-state index in [2.05, 4.69) is 53.7 Å². The van der Waals surface area contributed by atoms with Crippen LogP contribution in [0.3, 0.4) is 0 Å². The number of aliphatic imine (C=N–C) groups is 1. The topological polar surface area (TPSA) is 73.8 Å². The van der Waals surface area contributed by atoms with Crippen LogP contribution >= 0.6 is 0 Å². The van der Waals surface area contributed by atoms with E-state index in [1.807, 2.05) is 0 Å². The fraction of sp³-hybridized carbons (Fsp3) is 0.632. The minimum Gasteiger partial charge on any atom is -0.356 e. The Morgan fingerprint density at radius 1 is 1.08 bits per heavy atom. The van der Waals surface area contributed by atoms with Crippen LogP contribution in [-0.2, 0) is 16.6 Å². The van der Waals surface area contributed by atoms with Gasteiger partial charge in [-0.15, -0.1) is 0 Å². The molecule has 0 bridgehead atoms. The fourth-order valence-corrected chi connectivity index (χ4v) is 3.14. The largest absolute Gasteiger partial charge is 0.356 e. The van der Waals surface area contributed by atoms with Crippen LogP contribution in [0.15, 0.2) is 29.3 Å². The summed E-state index contributed by atoms with van der Waals surface area (Å²) >= 11 is 0. The monoisotopic (exact) mass is 382 g/mol. The maximum atomic E-state index is 11.8. The molecule has 1 aromatic rings. The summed E-state index contributed by atoms with van der Waals surface area (Å²) in [4.78, 5) is 4.64. The highest BCUT2D eigenvalue weighted by atomic mass is 32.2. The van der Waals surface area contributed by atoms with Crippen molar-refractivity contribution in [1.29, 1.82) is 0 Å². The molecule has 26 heavy (non-hydrogen) atoms. The van der Waals surface area contributed by atoms with Gasteiger partial charge < -0.3 is 10.6 Å². The van der Waals surface area contributed by atoms with E-state index in [0.29, 0.717) is 19.6 Å². The molecule has 0 unspecified atom stereocenters. The minimum atomic E-state index is -3.11. The lowest BCUT2D eigenvalue weighted by molar-refractivity contribution is 0.461. The van der Waals surface area contributed by atoms with Gasteiger partial charge in [-0.25, -0.2) is 17.7 Å². The van der Waals surface area contributed by atoms with Crippen LogP contribution in [0.25, 0.3) is 0 Å². The first-order valence-corrected chi connectivity index (χ1v) is 11.0. The minimum absolute atomic E-state index is 0.138. The van der Waals surface area contributed by atoms with Gasteiger partial charge in [-0.1, -0.05) is 43.2 Å². The lowest BCUT2D eigenvalue weighted by Gasteiger charge is -2.17. The molecule has 2 N–H and O–H groups in total. The summed E-state index contributed by atoms with van der Waals surface area (Å²) in [5.74, 6) is 0.915. The van der Waals surface area contributed by atoms with Crippen molar-refractivity contribution in [2.75, 3.05) is 32.4 Å². The number of aryl methyl sites for hydroxylation is 1. The number of benzene rings is 1. The van der Waals surface area contributed by atoms with E-state index in [0.717, 1.165) is 31.8 Å². The zero-order valence-electron chi connectivity index (χ0n) is 16.6. The summed E-state index contributed by atoms with van der Waals surface area (Å²) in [6.45, 7) is 8.56. The normalized spacial score (nSPS) is 12.4. The summed E-state index contributed by atoms with van der Waals surface area (Å²) in [6, 6.07) is 8.36. The van der Waals surface area contributed by atoms with Crippen LogP contribution in [0.4, 0.5) is 0 Å². The quantitative estimate of drug-likeness (QED) is 0.350. The van der Waals surface area contributed by atoms with Gasteiger partial charge in [-0.3, -0.25) is 0 Å². The van der Waals surface area contributed by atoms with Crippen molar-refractivity contribution in [3.63, 3.8) is 0 Å². The summed E-state index contributed by atoms with van der Waals surface area (Å²) < 4.78 is 24.9. The second-order valence-corrected chi connectivity index (χ2v) is 8.80. The number of sulfonamides is 1. The summed E-state index contributed by atoms with van der Waals surface area (Å²) in [7, 11) is -1.48. The van der Waals surface area contributed by atoms with Crippen molar-refractivity contribution in [2.45, 2.75) is 46.6 Å². The molecule has 0 amide bonds. The van der Waals surface area contributed by atoms with Gasteiger partial charge in [0.05, 0.1) is 12.3 Å². The van der Waals surface area contributed by atoms with Crippen molar-refractivity contribution in [3.8, 4) is 0 Å². The van der Waals surface area contributed by atoms with E-state index in [1.165, 1.54) is 15.4 Å². The van der Waals surface area contributed by atoms with Crippen molar-refractivity contribution in [3.05, 3.63) is 35.4 Å². The SMILES string of the molecule is CCCCNC(=NCc1ccc(C)cc1)NCCCN(C)S(=O)(=O)CC. The van der Waals surface area contributed by atoms with Gasteiger partial charge in [0.2, 0.25) is 10.0 Å². The van der Waals surface area contributed by atoms with E-state index >= 15 is 0 Å². The molecule has 0 spiro atoms. The molecule has 148 valence electrons. The van der Waals surface area contributed by atoms with E-state index < -0.39 is 10.0 Å². The smallest absolute Gasteiger partial charge is 0.213 e. The number of hydrogen-bond acceptors (Lipinski definition) is 3. The van der Waals surface area contributed by atoms with Crippen LogP contribution in [0.1, 0.15) is 44.2 Å². The highest BCUT2D eigenvalue weighted by molar-refractivity contribution is 7.89. The van der Waals surface area contributed by atoms with Crippen molar-refractivity contribution >= 4 is 16.0 Å². The zero-order chi connectivity index (χ0) is 19.4. The molecular formula is C19H34N4O2S. The van der Waals surface area contributed by atoms with Gasteiger partial charge in [0.25, 0.3) is 0 Å². The lowest BCUT2D eigenvalue weighted by Crippen LogP contribution is -2.39. The molecule has 0 radical (unpaired) electrons. The van der Waals surface area contributed by atoms with Gasteiger partial charge >= 0.3 is 0 Å². The predicted octanol–water partition coefficient (Wildman–Crippen LogP) is 2.50. The van der Waals surface area contributed by atoms with Gasteiger partial charge in [0.15, 0.2) is 5.96 Å². The summed E-state index contributed by atoms with van der Waals surface area (Å²) in [5.41, 5.74) is 2.41. The highest BCUT2D eigenvalue weighted by Crippen LogP contribution is 2.04. The Hall–Kier alpha value is -1.60. The maximum Gasteiger partial charge on any atom is 0.213 e. The van der Waals surface area contributed by atoms with Crippen molar-refractivity contribution in [1.82, 2.24) is 14.9 Å². The Kier molecular flexibility index (Phi) is 10.3. The van der Waals surface area contributed by atoms with Gasteiger partial charge in [0.1, 0.15) is 0 Å². The van der Waals surface area contributed by atoms with Gasteiger partial charge in [0, 0.05) is 26.7 Å². The van der Waals surface area contributed by atoms with Crippen molar-refractivity contribution in [2.24, 2.45) is 4.99 Å². The molecule has 0 fully saturated rings. The lowest BCUT2D eigenvalue weighted by atomic mass is 10.1. The van der Waals surface area contributed by atoms with Crippen LogP contribution < -0.4 is 10.6 Å². The average Bonchev–Trinajstić information content (AvgIpc) is 2.63. The number of unbranched alkanes of at least 4 members (excludes halogenated alkanes) is 1. The standard InChI is InChI=1S/C19H34N4O2S/c1-5-7-13-20-19(22-16-18-11-9-17(3)10-12-18)21-14-8-15-23(4)26(24,25)6-2/h9-12H,5-8,13-16H2,1-4H3,(H2,20,21,22). The molecule has 0 aliphatic carbocycles. The van der Waals surface area contributed by atoms with Gasteiger partial charge in [-0.05, 0) is 32.3 Å². The number of nitrogens with zero attached hydrogens (tertiary/aromatic N) is 2. The molecule has 1 rings (SSSR count). The highest BCUT2D eigenvalue weighted by Gasteiger charge is 2.13. The van der Waals surface area contributed by atoms with Gasteiger partial charge in [-0.2, -0.15) is 0 Å². The summed E-state index contributed by atoms with van der Waals surface area (Å²) in [5, 5.41) is 6.64. The number of guanidine groups is 1. The average molecular weight is 383 g/mol. The van der Waals surface area contributed by atoms with E-state index in [9.17, 15) is 8.42 Å². The molecule has 0 saturated carbocycles. The number of rotatable bonds is 11. The fourth-order valence-electron chi connectivity index (χ4n) is 2.29. The zero-order valence-corrected chi connectivity index (χ0v) is 17.4. The molecule has 0 atom stereocenters. The molecule has 7 heteroatoms. The van der Waals surface area contributed by atoms with Crippen LogP contribution in [0.5, 0.6) is 0 Å².